The standard InChI is InChI=1S/C17H15FN2O3/c18-13-3-1-12(2-4-13)15-6-5-14(11-19-15)23-10-9-20-16(21)7-8-17(20)22/h1-6,11H,7-10H2. The van der Waals surface area contributed by atoms with Crippen LogP contribution in [0.1, 0.15) is 12.8 Å². The fourth-order valence-electron chi connectivity index (χ4n) is 2.38. The van der Waals surface area contributed by atoms with Gasteiger partial charge in [-0.1, -0.05) is 0 Å². The summed E-state index contributed by atoms with van der Waals surface area (Å²) in [4.78, 5) is 28.4. The largest absolute Gasteiger partial charge is 0.490 e. The monoisotopic (exact) mass is 314 g/mol. The molecule has 1 aromatic carbocycles. The van der Waals surface area contributed by atoms with Gasteiger partial charge < -0.3 is 4.74 Å². The van der Waals surface area contributed by atoms with Gasteiger partial charge in [-0.3, -0.25) is 19.5 Å². The van der Waals surface area contributed by atoms with Crippen molar-refractivity contribution in [2.24, 2.45) is 0 Å². The molecule has 2 amide bonds. The third-order valence-corrected chi connectivity index (χ3v) is 3.61. The first-order valence-electron chi connectivity index (χ1n) is 7.31. The highest BCUT2D eigenvalue weighted by molar-refractivity contribution is 6.01. The number of amides is 2. The van der Waals surface area contributed by atoms with Crippen molar-refractivity contribution in [3.8, 4) is 17.0 Å². The van der Waals surface area contributed by atoms with Crippen LogP contribution in [0.15, 0.2) is 42.6 Å². The van der Waals surface area contributed by atoms with Crippen LogP contribution >= 0.6 is 0 Å². The molecule has 1 fully saturated rings. The Labute approximate surface area is 132 Å². The van der Waals surface area contributed by atoms with E-state index in [-0.39, 0.29) is 43.6 Å². The van der Waals surface area contributed by atoms with Crippen LogP contribution in [0, 0.1) is 5.82 Å². The Kier molecular flexibility index (Phi) is 4.32. The van der Waals surface area contributed by atoms with Crippen LogP contribution in [0.25, 0.3) is 11.3 Å². The Bertz CT molecular complexity index is 698. The van der Waals surface area contributed by atoms with Crippen LogP contribution in [0.3, 0.4) is 0 Å². The van der Waals surface area contributed by atoms with Crippen molar-refractivity contribution < 1.29 is 18.7 Å². The lowest BCUT2D eigenvalue weighted by Crippen LogP contribution is -2.33. The molecule has 2 aromatic rings. The van der Waals surface area contributed by atoms with Crippen molar-refractivity contribution >= 4 is 11.8 Å². The van der Waals surface area contributed by atoms with Gasteiger partial charge in [-0.05, 0) is 36.4 Å². The average molecular weight is 314 g/mol. The van der Waals surface area contributed by atoms with E-state index in [1.807, 2.05) is 0 Å². The highest BCUT2D eigenvalue weighted by atomic mass is 19.1. The van der Waals surface area contributed by atoms with Gasteiger partial charge in [-0.2, -0.15) is 0 Å². The summed E-state index contributed by atoms with van der Waals surface area (Å²) in [6, 6.07) is 9.59. The Morgan fingerprint density at radius 1 is 1.04 bits per heavy atom. The number of carbonyl (C=O) groups excluding carboxylic acids is 2. The first kappa shape index (κ1) is 15.1. The maximum Gasteiger partial charge on any atom is 0.229 e. The van der Waals surface area contributed by atoms with Gasteiger partial charge >= 0.3 is 0 Å². The molecule has 0 spiro atoms. The molecule has 0 radical (unpaired) electrons. The van der Waals surface area contributed by atoms with Crippen LogP contribution in [0.2, 0.25) is 0 Å². The fourth-order valence-corrected chi connectivity index (χ4v) is 2.38. The summed E-state index contributed by atoms with van der Waals surface area (Å²) in [6.45, 7) is 0.479. The van der Waals surface area contributed by atoms with Crippen molar-refractivity contribution in [2.45, 2.75) is 12.8 Å². The van der Waals surface area contributed by atoms with Gasteiger partial charge in [0.1, 0.15) is 18.2 Å². The van der Waals surface area contributed by atoms with E-state index in [0.29, 0.717) is 11.4 Å². The summed E-state index contributed by atoms with van der Waals surface area (Å²) in [5.74, 6) is -0.0403. The molecule has 1 aromatic heterocycles. The second-order valence-electron chi connectivity index (χ2n) is 5.17. The Balaban J connectivity index is 1.56. The average Bonchev–Trinajstić information content (AvgIpc) is 2.88. The molecule has 0 atom stereocenters. The molecule has 23 heavy (non-hydrogen) atoms. The Hall–Kier alpha value is -2.76. The minimum atomic E-state index is -0.292. The lowest BCUT2D eigenvalue weighted by Gasteiger charge is -2.14. The molecule has 0 saturated carbocycles. The Morgan fingerprint density at radius 2 is 1.74 bits per heavy atom. The molecule has 0 bridgehead atoms. The minimum absolute atomic E-state index is 0.150. The van der Waals surface area contributed by atoms with E-state index in [1.165, 1.54) is 17.0 Å². The number of halogens is 1. The van der Waals surface area contributed by atoms with E-state index in [9.17, 15) is 14.0 Å². The van der Waals surface area contributed by atoms with E-state index in [1.54, 1.807) is 30.5 Å². The summed E-state index contributed by atoms with van der Waals surface area (Å²) in [7, 11) is 0. The molecular weight excluding hydrogens is 299 g/mol. The van der Waals surface area contributed by atoms with Crippen molar-refractivity contribution in [3.05, 3.63) is 48.4 Å². The van der Waals surface area contributed by atoms with Crippen molar-refractivity contribution in [2.75, 3.05) is 13.2 Å². The maximum atomic E-state index is 12.9. The molecule has 0 N–H and O–H groups in total. The van der Waals surface area contributed by atoms with Crippen LogP contribution in [-0.2, 0) is 9.59 Å². The smallest absolute Gasteiger partial charge is 0.229 e. The van der Waals surface area contributed by atoms with Crippen LogP contribution in [0.4, 0.5) is 4.39 Å². The van der Waals surface area contributed by atoms with E-state index in [0.717, 1.165) is 5.56 Å². The Morgan fingerprint density at radius 3 is 2.35 bits per heavy atom. The second kappa shape index (κ2) is 6.56. The van der Waals surface area contributed by atoms with Gasteiger partial charge in [-0.25, -0.2) is 4.39 Å². The van der Waals surface area contributed by atoms with Gasteiger partial charge in [0.15, 0.2) is 0 Å². The molecule has 1 saturated heterocycles. The number of pyridine rings is 1. The van der Waals surface area contributed by atoms with Crippen molar-refractivity contribution in [1.29, 1.82) is 0 Å². The molecule has 3 rings (SSSR count). The summed E-state index contributed by atoms with van der Waals surface area (Å²) in [5, 5.41) is 0. The lowest BCUT2D eigenvalue weighted by molar-refractivity contribution is -0.138. The first-order valence-corrected chi connectivity index (χ1v) is 7.31. The van der Waals surface area contributed by atoms with Gasteiger partial charge in [0.2, 0.25) is 11.8 Å². The summed E-state index contributed by atoms with van der Waals surface area (Å²) in [6.07, 6.45) is 2.13. The molecule has 118 valence electrons. The minimum Gasteiger partial charge on any atom is -0.490 e. The van der Waals surface area contributed by atoms with Crippen LogP contribution < -0.4 is 4.74 Å². The molecule has 5 nitrogen and oxygen atoms in total. The molecule has 0 aliphatic carbocycles. The van der Waals surface area contributed by atoms with E-state index >= 15 is 0 Å². The molecule has 0 unspecified atom stereocenters. The second-order valence-corrected chi connectivity index (χ2v) is 5.17. The third kappa shape index (κ3) is 3.53. The number of aromatic nitrogens is 1. The number of carbonyl (C=O) groups is 2. The fraction of sp³-hybridized carbons (Fsp3) is 0.235. The number of ether oxygens (including phenoxy) is 1. The van der Waals surface area contributed by atoms with Gasteiger partial charge in [0, 0.05) is 18.4 Å². The molecule has 1 aliphatic heterocycles. The summed E-state index contributed by atoms with van der Waals surface area (Å²) < 4.78 is 18.4. The molecule has 1 aliphatic rings. The highest BCUT2D eigenvalue weighted by Crippen LogP contribution is 2.20. The van der Waals surface area contributed by atoms with Gasteiger partial charge in [0.25, 0.3) is 0 Å². The zero-order chi connectivity index (χ0) is 16.2. The maximum absolute atomic E-state index is 12.9. The zero-order valence-corrected chi connectivity index (χ0v) is 12.4. The van der Waals surface area contributed by atoms with Crippen molar-refractivity contribution in [1.82, 2.24) is 9.88 Å². The summed E-state index contributed by atoms with van der Waals surface area (Å²) in [5.41, 5.74) is 1.52. The number of nitrogens with zero attached hydrogens (tertiary/aromatic N) is 2. The number of rotatable bonds is 5. The lowest BCUT2D eigenvalue weighted by atomic mass is 10.1. The first-order chi connectivity index (χ1) is 11.1. The SMILES string of the molecule is O=C1CCC(=O)N1CCOc1ccc(-c2ccc(F)cc2)nc1. The number of hydrogen-bond donors (Lipinski definition) is 0. The number of imide groups is 1. The number of likely N-dealkylation sites (tertiary alicyclic amines) is 1. The van der Waals surface area contributed by atoms with Gasteiger partial charge in [0.05, 0.1) is 18.4 Å². The van der Waals surface area contributed by atoms with Gasteiger partial charge in [-0.15, -0.1) is 0 Å². The summed E-state index contributed by atoms with van der Waals surface area (Å²) >= 11 is 0. The highest BCUT2D eigenvalue weighted by Gasteiger charge is 2.28. The van der Waals surface area contributed by atoms with E-state index < -0.39 is 0 Å². The predicted octanol–water partition coefficient (Wildman–Crippen LogP) is 2.42. The zero-order valence-electron chi connectivity index (χ0n) is 12.4. The predicted molar refractivity (Wildman–Crippen MR) is 81.1 cm³/mol. The van der Waals surface area contributed by atoms with E-state index in [4.69, 9.17) is 4.74 Å². The number of benzene rings is 1. The molecular formula is C17H15FN2O3. The quantitative estimate of drug-likeness (QED) is 0.795. The van der Waals surface area contributed by atoms with Crippen LogP contribution in [-0.4, -0.2) is 34.8 Å². The van der Waals surface area contributed by atoms with Crippen LogP contribution in [0.5, 0.6) is 5.75 Å². The third-order valence-electron chi connectivity index (χ3n) is 3.61. The molecule has 2 heterocycles. The topological polar surface area (TPSA) is 59.5 Å². The van der Waals surface area contributed by atoms with Crippen molar-refractivity contribution in [3.63, 3.8) is 0 Å². The van der Waals surface area contributed by atoms with E-state index in [2.05, 4.69) is 4.98 Å². The number of hydrogen-bond acceptors (Lipinski definition) is 4. The normalized spacial score (nSPS) is 14.4. The molecule has 6 heteroatoms.